The fourth-order valence-corrected chi connectivity index (χ4v) is 1.40. The van der Waals surface area contributed by atoms with Crippen LogP contribution in [-0.4, -0.2) is 19.5 Å². The Morgan fingerprint density at radius 2 is 1.59 bits per heavy atom. The van der Waals surface area contributed by atoms with E-state index in [9.17, 15) is 4.79 Å². The van der Waals surface area contributed by atoms with Crippen LogP contribution in [0.15, 0.2) is 0 Å². The molecule has 0 spiro atoms. The fourth-order valence-electron chi connectivity index (χ4n) is 1.40. The maximum Gasteiger partial charge on any atom is 2.00 e. The van der Waals surface area contributed by atoms with Crippen LogP contribution in [0.3, 0.4) is 0 Å². The minimum atomic E-state index is 0. The first kappa shape index (κ1) is 17.1. The van der Waals surface area contributed by atoms with E-state index in [1.165, 1.54) is 0 Å². The average molecular weight is 272 g/mol. The second kappa shape index (κ2) is 10.1. The molecule has 17 heavy (non-hydrogen) atoms. The molecule has 2 fully saturated rings. The molecule has 2 aliphatic rings. The van der Waals surface area contributed by atoms with Crippen LogP contribution in [0.2, 0.25) is 0 Å². The molecule has 0 aromatic heterocycles. The number of ketones is 1. The largest absolute Gasteiger partial charge is 2.00 e. The van der Waals surface area contributed by atoms with Crippen LogP contribution in [0, 0.1) is 63.2 Å². The van der Waals surface area contributed by atoms with Gasteiger partial charge in [-0.1, -0.05) is 0 Å². The third-order valence-corrected chi connectivity index (χ3v) is 2.14. The van der Waals surface area contributed by atoms with E-state index in [1.54, 1.807) is 14.0 Å². The number of carbonyl (C=O) groups is 1. The van der Waals surface area contributed by atoms with E-state index in [0.29, 0.717) is 6.61 Å². The van der Waals surface area contributed by atoms with E-state index in [4.69, 9.17) is 4.74 Å². The van der Waals surface area contributed by atoms with E-state index < -0.39 is 0 Å². The van der Waals surface area contributed by atoms with Crippen molar-refractivity contribution in [3.05, 3.63) is 63.2 Å². The summed E-state index contributed by atoms with van der Waals surface area (Å²) in [5, 5.41) is 0. The summed E-state index contributed by atoms with van der Waals surface area (Å²) in [5.41, 5.74) is 0. The van der Waals surface area contributed by atoms with Gasteiger partial charge >= 0.3 is 17.1 Å². The summed E-state index contributed by atoms with van der Waals surface area (Å²) >= 11 is 0. The van der Waals surface area contributed by atoms with E-state index in [-0.39, 0.29) is 22.9 Å². The Labute approximate surface area is 116 Å². The van der Waals surface area contributed by atoms with E-state index in [0.717, 1.165) is 11.8 Å². The summed E-state index contributed by atoms with van der Waals surface area (Å²) in [7, 11) is 1.62. The van der Waals surface area contributed by atoms with Gasteiger partial charge in [-0.2, -0.15) is 0 Å². The van der Waals surface area contributed by atoms with E-state index in [1.807, 2.05) is 51.4 Å². The van der Waals surface area contributed by atoms with Crippen LogP contribution in [-0.2, 0) is 26.6 Å². The Bertz CT molecular complexity index is 195. The molecule has 0 aromatic carbocycles. The van der Waals surface area contributed by atoms with Gasteiger partial charge in [0.1, 0.15) is 5.78 Å². The predicted molar refractivity (Wildman–Crippen MR) is 63.4 cm³/mol. The van der Waals surface area contributed by atoms with Gasteiger partial charge in [-0.05, 0) is 58.3 Å². The molecule has 2 nitrogen and oxygen atoms in total. The maximum atomic E-state index is 10.9. The summed E-state index contributed by atoms with van der Waals surface area (Å²) in [6, 6.07) is 0. The van der Waals surface area contributed by atoms with Gasteiger partial charge in [-0.3, -0.25) is 4.79 Å². The number of carbonyl (C=O) groups excluding carboxylic acids is 1. The van der Waals surface area contributed by atoms with Crippen LogP contribution >= 0.6 is 0 Å². The van der Waals surface area contributed by atoms with E-state index in [2.05, 4.69) is 0 Å². The molecule has 90 valence electrons. The van der Waals surface area contributed by atoms with Gasteiger partial charge < -0.3 is 4.74 Å². The molecular weight excluding hydrogens is 256 g/mol. The summed E-state index contributed by atoms with van der Waals surface area (Å²) in [4.78, 5) is 10.9. The number of ether oxygens (including phenoxy) is 1. The molecule has 10 radical (unpaired) electrons. The van der Waals surface area contributed by atoms with Crippen molar-refractivity contribution in [3.8, 4) is 0 Å². The monoisotopic (exact) mass is 272 g/mol. The standard InChI is InChI=1S/C9H11O2.C5H5.Fe/c1-7(10)9-5-3-4-8(9)6-11-2;1-2-4-5-3-1;/h3-5H,6H2,1-2H3;1-5H;/q;;+2. The summed E-state index contributed by atoms with van der Waals surface area (Å²) in [5.74, 6) is 1.84. The molecule has 0 amide bonds. The van der Waals surface area contributed by atoms with Crippen molar-refractivity contribution in [3.63, 3.8) is 0 Å². The maximum absolute atomic E-state index is 10.9. The molecule has 2 rings (SSSR count). The molecule has 2 aliphatic carbocycles. The number of methoxy groups -OCH3 is 1. The van der Waals surface area contributed by atoms with E-state index >= 15 is 0 Å². The Hall–Kier alpha value is 0.149. The van der Waals surface area contributed by atoms with Crippen molar-refractivity contribution in [2.24, 2.45) is 0 Å². The number of hydrogen-bond acceptors (Lipinski definition) is 2. The number of Topliss-reactive ketones (excluding diaryl/α,β-unsaturated/α-hetero) is 1. The molecule has 0 unspecified atom stereocenters. The predicted octanol–water partition coefficient (Wildman–Crippen LogP) is 2.02. The summed E-state index contributed by atoms with van der Waals surface area (Å²) in [6.45, 7) is 2.08. The zero-order valence-corrected chi connectivity index (χ0v) is 11.1. The normalized spacial score (nSPS) is 20.6. The first-order valence-corrected chi connectivity index (χ1v) is 5.17. The van der Waals surface area contributed by atoms with Crippen molar-refractivity contribution in [1.82, 2.24) is 0 Å². The molecule has 0 atom stereocenters. The summed E-state index contributed by atoms with van der Waals surface area (Å²) < 4.78 is 4.92. The molecule has 0 N–H and O–H groups in total. The second-order valence-electron chi connectivity index (χ2n) is 3.42. The molecule has 0 bridgehead atoms. The average Bonchev–Trinajstić information content (AvgIpc) is 2.91. The van der Waals surface area contributed by atoms with Gasteiger partial charge in [0, 0.05) is 13.0 Å². The van der Waals surface area contributed by atoms with Crippen molar-refractivity contribution < 1.29 is 26.6 Å². The first-order valence-electron chi connectivity index (χ1n) is 5.17. The topological polar surface area (TPSA) is 26.3 Å². The van der Waals surface area contributed by atoms with Crippen molar-refractivity contribution in [2.75, 3.05) is 13.7 Å². The van der Waals surface area contributed by atoms with Gasteiger partial charge in [0.15, 0.2) is 0 Å². The molecule has 0 aromatic rings. The smallest absolute Gasteiger partial charge is 0.384 e. The van der Waals surface area contributed by atoms with Crippen molar-refractivity contribution in [2.45, 2.75) is 6.92 Å². The van der Waals surface area contributed by atoms with Crippen LogP contribution in [0.5, 0.6) is 0 Å². The fraction of sp³-hybridized carbons (Fsp3) is 0.214. The molecule has 2 saturated carbocycles. The Balaban J connectivity index is 0.000000360. The van der Waals surface area contributed by atoms with Crippen molar-refractivity contribution >= 4 is 5.78 Å². The first-order chi connectivity index (χ1) is 7.75. The zero-order valence-electron chi connectivity index (χ0n) is 10.00. The van der Waals surface area contributed by atoms with Gasteiger partial charge in [-0.25, -0.2) is 0 Å². The summed E-state index contributed by atoms with van der Waals surface area (Å²) in [6.07, 6.45) is 15.6. The van der Waals surface area contributed by atoms with Crippen molar-refractivity contribution in [1.29, 1.82) is 0 Å². The molecular formula is C14H16FeO2+2. The van der Waals surface area contributed by atoms with Gasteiger partial charge in [0.05, 0.1) is 12.5 Å². The van der Waals surface area contributed by atoms with Gasteiger partial charge in [0.25, 0.3) is 0 Å². The molecule has 3 heteroatoms. The Morgan fingerprint density at radius 1 is 1.06 bits per heavy atom. The molecule has 0 aliphatic heterocycles. The quantitative estimate of drug-likeness (QED) is 0.735. The van der Waals surface area contributed by atoms with Gasteiger partial charge in [0.2, 0.25) is 0 Å². The Kier molecular flexibility index (Phi) is 10.2. The number of rotatable bonds is 3. The minimum Gasteiger partial charge on any atom is -0.384 e. The van der Waals surface area contributed by atoms with Crippen LogP contribution in [0.1, 0.15) is 6.92 Å². The van der Waals surface area contributed by atoms with Gasteiger partial charge in [-0.15, -0.1) is 0 Å². The minimum absolute atomic E-state index is 0. The third kappa shape index (κ3) is 6.59. The molecule has 0 saturated heterocycles. The molecule has 0 heterocycles. The second-order valence-corrected chi connectivity index (χ2v) is 3.42. The zero-order chi connectivity index (χ0) is 11.8. The number of hydrogen-bond donors (Lipinski definition) is 0. The SMILES string of the molecule is COC[C]1[CH][CH][CH][C]1C(C)=O.[CH]1[CH][CH][CH][CH]1.[Fe+2]. The Morgan fingerprint density at radius 3 is 2.00 bits per heavy atom. The van der Waals surface area contributed by atoms with Crippen LogP contribution in [0.25, 0.3) is 0 Å². The van der Waals surface area contributed by atoms with Crippen LogP contribution in [0.4, 0.5) is 0 Å². The third-order valence-electron chi connectivity index (χ3n) is 2.14. The van der Waals surface area contributed by atoms with Crippen LogP contribution < -0.4 is 0 Å².